The van der Waals surface area contributed by atoms with Gasteiger partial charge in [-0.2, -0.15) is 13.2 Å². The molecule has 1 N–H and O–H groups in total. The molecule has 2 aromatic rings. The zero-order valence-corrected chi connectivity index (χ0v) is 18.1. The van der Waals surface area contributed by atoms with Crippen molar-refractivity contribution in [1.29, 1.82) is 0 Å². The Bertz CT molecular complexity index is 902. The predicted molar refractivity (Wildman–Crippen MR) is 113 cm³/mol. The topological polar surface area (TPSA) is 58.1 Å². The molecule has 1 aliphatic heterocycles. The van der Waals surface area contributed by atoms with Gasteiger partial charge in [0.1, 0.15) is 17.2 Å². The summed E-state index contributed by atoms with van der Waals surface area (Å²) < 4.78 is 38.6. The van der Waals surface area contributed by atoms with E-state index in [0.29, 0.717) is 16.9 Å². The molecular weight excluding hydrogens is 437 g/mol. The lowest BCUT2D eigenvalue weighted by Crippen LogP contribution is -2.39. The number of aromatic nitrogens is 2. The zero-order valence-electron chi connectivity index (χ0n) is 16.5. The molecule has 1 fully saturated rings. The van der Waals surface area contributed by atoms with Gasteiger partial charge in [-0.1, -0.05) is 37.2 Å². The summed E-state index contributed by atoms with van der Waals surface area (Å²) in [6, 6.07) is 4.65. The maximum atomic E-state index is 12.9. The number of halogens is 4. The van der Waals surface area contributed by atoms with Gasteiger partial charge < -0.3 is 10.2 Å². The van der Waals surface area contributed by atoms with E-state index in [-0.39, 0.29) is 16.5 Å². The van der Waals surface area contributed by atoms with Gasteiger partial charge in [0, 0.05) is 19.2 Å². The van der Waals surface area contributed by atoms with Crippen LogP contribution in [0.4, 0.5) is 24.7 Å². The third-order valence-electron chi connectivity index (χ3n) is 4.74. The van der Waals surface area contributed by atoms with Gasteiger partial charge in [0.05, 0.1) is 22.0 Å². The number of benzene rings is 1. The molecule has 1 aliphatic rings. The van der Waals surface area contributed by atoms with E-state index in [9.17, 15) is 18.0 Å². The van der Waals surface area contributed by atoms with Gasteiger partial charge in [-0.3, -0.25) is 4.79 Å². The number of nitrogens with one attached hydrogen (secondary N) is 1. The van der Waals surface area contributed by atoms with Crippen molar-refractivity contribution < 1.29 is 18.0 Å². The Balaban J connectivity index is 1.62. The molecular formula is C20H22ClF3N4OS. The first-order chi connectivity index (χ1) is 14.1. The molecule has 10 heteroatoms. The quantitative estimate of drug-likeness (QED) is 0.482. The second-order valence-corrected chi connectivity index (χ2v) is 9.00. The molecule has 2 atom stereocenters. The largest absolute Gasteiger partial charge is 0.416 e. The molecule has 2 heterocycles. The smallest absolute Gasteiger partial charge is 0.356 e. The van der Waals surface area contributed by atoms with Crippen LogP contribution in [0.25, 0.3) is 0 Å². The second kappa shape index (κ2) is 9.43. The summed E-state index contributed by atoms with van der Waals surface area (Å²) in [4.78, 5) is 23.0. The molecule has 0 unspecified atom stereocenters. The van der Waals surface area contributed by atoms with Gasteiger partial charge in [0.25, 0.3) is 0 Å². The van der Waals surface area contributed by atoms with Crippen molar-refractivity contribution >= 4 is 40.8 Å². The molecule has 1 aromatic heterocycles. The monoisotopic (exact) mass is 458 g/mol. The van der Waals surface area contributed by atoms with Crippen LogP contribution in [0.15, 0.2) is 35.6 Å². The number of hydrogen-bond donors (Lipinski definition) is 1. The lowest BCUT2D eigenvalue weighted by Gasteiger charge is -2.35. The van der Waals surface area contributed by atoms with Gasteiger partial charge in [0.2, 0.25) is 5.91 Å². The van der Waals surface area contributed by atoms with Crippen LogP contribution < -0.4 is 10.2 Å². The highest BCUT2D eigenvalue weighted by Gasteiger charge is 2.31. The molecule has 162 valence electrons. The van der Waals surface area contributed by atoms with Crippen LogP contribution in [0, 0.1) is 11.8 Å². The maximum Gasteiger partial charge on any atom is 0.416 e. The minimum absolute atomic E-state index is 0.0180. The standard InChI is InChI=1S/C20H22ClF3N4OS/c1-12-5-13(2)9-28(8-12)17-7-19(26-11-25-17)30-10-18(29)27-16-6-14(20(22,23)24)3-4-15(16)21/h3-4,6-7,11-13H,5,8-10H2,1-2H3,(H,27,29)/t12-,13+. The molecule has 0 saturated carbocycles. The molecule has 1 aromatic carbocycles. The molecule has 30 heavy (non-hydrogen) atoms. The first-order valence-electron chi connectivity index (χ1n) is 9.48. The average molecular weight is 459 g/mol. The normalized spacial score (nSPS) is 19.6. The Morgan fingerprint density at radius 2 is 1.93 bits per heavy atom. The molecule has 0 aliphatic carbocycles. The lowest BCUT2D eigenvalue weighted by molar-refractivity contribution is -0.137. The van der Waals surface area contributed by atoms with Crippen molar-refractivity contribution in [3.05, 3.63) is 41.2 Å². The third kappa shape index (κ3) is 6.01. The van der Waals surface area contributed by atoms with Crippen LogP contribution in [0.2, 0.25) is 5.02 Å². The highest BCUT2D eigenvalue weighted by molar-refractivity contribution is 7.99. The van der Waals surface area contributed by atoms with Crippen LogP contribution in [0.3, 0.4) is 0 Å². The van der Waals surface area contributed by atoms with Gasteiger partial charge in [0.15, 0.2) is 0 Å². The van der Waals surface area contributed by atoms with Crippen molar-refractivity contribution in [2.24, 2.45) is 11.8 Å². The number of thioether (sulfide) groups is 1. The fraction of sp³-hybridized carbons (Fsp3) is 0.450. The van der Waals surface area contributed by atoms with Crippen molar-refractivity contribution in [3.63, 3.8) is 0 Å². The minimum Gasteiger partial charge on any atom is -0.356 e. The van der Waals surface area contributed by atoms with Gasteiger partial charge in [-0.05, 0) is 36.5 Å². The van der Waals surface area contributed by atoms with E-state index in [0.717, 1.165) is 37.1 Å². The third-order valence-corrected chi connectivity index (χ3v) is 5.99. The second-order valence-electron chi connectivity index (χ2n) is 7.59. The van der Waals surface area contributed by atoms with Crippen molar-refractivity contribution in [2.75, 3.05) is 29.1 Å². The number of carbonyl (C=O) groups is 1. The Morgan fingerprint density at radius 1 is 1.23 bits per heavy atom. The maximum absolute atomic E-state index is 12.9. The van der Waals surface area contributed by atoms with Crippen molar-refractivity contribution in [1.82, 2.24) is 9.97 Å². The zero-order chi connectivity index (χ0) is 21.9. The molecule has 0 spiro atoms. The number of alkyl halides is 3. The van der Waals surface area contributed by atoms with Gasteiger partial charge in [-0.15, -0.1) is 0 Å². The summed E-state index contributed by atoms with van der Waals surface area (Å²) in [7, 11) is 0. The van der Waals surface area contributed by atoms with Crippen LogP contribution in [0.5, 0.6) is 0 Å². The lowest BCUT2D eigenvalue weighted by atomic mass is 9.92. The average Bonchev–Trinajstić information content (AvgIpc) is 2.67. The Hall–Kier alpha value is -2.00. The predicted octanol–water partition coefficient (Wildman–Crippen LogP) is 5.36. The van der Waals surface area contributed by atoms with E-state index in [1.807, 2.05) is 6.07 Å². The Morgan fingerprint density at radius 3 is 2.60 bits per heavy atom. The number of anilines is 2. The fourth-order valence-electron chi connectivity index (χ4n) is 3.55. The van der Waals surface area contributed by atoms with Crippen molar-refractivity contribution in [2.45, 2.75) is 31.5 Å². The van der Waals surface area contributed by atoms with Crippen LogP contribution in [0.1, 0.15) is 25.8 Å². The summed E-state index contributed by atoms with van der Waals surface area (Å²) in [6.07, 6.45) is -1.87. The van der Waals surface area contributed by atoms with E-state index in [1.165, 1.54) is 24.5 Å². The Kier molecular flexibility index (Phi) is 7.13. The number of nitrogens with zero attached hydrogens (tertiary/aromatic N) is 3. The number of hydrogen-bond acceptors (Lipinski definition) is 5. The molecule has 3 rings (SSSR count). The van der Waals surface area contributed by atoms with E-state index in [2.05, 4.69) is 34.0 Å². The fourth-order valence-corrected chi connectivity index (χ4v) is 4.38. The highest BCUT2D eigenvalue weighted by Crippen LogP contribution is 2.34. The summed E-state index contributed by atoms with van der Waals surface area (Å²) in [5.41, 5.74) is -0.947. The van der Waals surface area contributed by atoms with E-state index < -0.39 is 17.6 Å². The Labute approximate surface area is 182 Å². The van der Waals surface area contributed by atoms with E-state index in [1.54, 1.807) is 0 Å². The first-order valence-corrected chi connectivity index (χ1v) is 10.8. The van der Waals surface area contributed by atoms with Crippen LogP contribution in [-0.4, -0.2) is 34.7 Å². The van der Waals surface area contributed by atoms with E-state index >= 15 is 0 Å². The summed E-state index contributed by atoms with van der Waals surface area (Å²) >= 11 is 7.11. The van der Waals surface area contributed by atoms with Gasteiger partial charge in [-0.25, -0.2) is 9.97 Å². The molecule has 0 radical (unpaired) electrons. The highest BCUT2D eigenvalue weighted by atomic mass is 35.5. The van der Waals surface area contributed by atoms with Gasteiger partial charge >= 0.3 is 6.18 Å². The van der Waals surface area contributed by atoms with Crippen molar-refractivity contribution in [3.8, 4) is 0 Å². The molecule has 1 amide bonds. The molecule has 5 nitrogen and oxygen atoms in total. The summed E-state index contributed by atoms with van der Waals surface area (Å²) in [5.74, 6) is 1.47. The number of carbonyl (C=O) groups excluding carboxylic acids is 1. The number of rotatable bonds is 5. The molecule has 1 saturated heterocycles. The van der Waals surface area contributed by atoms with E-state index in [4.69, 9.17) is 11.6 Å². The molecule has 0 bridgehead atoms. The van der Waals surface area contributed by atoms with Crippen LogP contribution in [-0.2, 0) is 11.0 Å². The minimum atomic E-state index is -4.51. The number of piperidine rings is 1. The SMILES string of the molecule is C[C@@H]1C[C@H](C)CN(c2cc(SCC(=O)Nc3cc(C(F)(F)F)ccc3Cl)ncn2)C1. The summed E-state index contributed by atoms with van der Waals surface area (Å²) in [5, 5.41) is 3.10. The first kappa shape index (κ1) is 22.7. The summed E-state index contributed by atoms with van der Waals surface area (Å²) in [6.45, 7) is 6.26. The number of amides is 1. The van der Waals surface area contributed by atoms with Crippen LogP contribution >= 0.6 is 23.4 Å².